The lowest BCUT2D eigenvalue weighted by atomic mass is 10.1. The van der Waals surface area contributed by atoms with Crippen LogP contribution in [0.1, 0.15) is 11.7 Å². The minimum Gasteiger partial charge on any atom is -0.495 e. The second-order valence-electron chi connectivity index (χ2n) is 4.15. The van der Waals surface area contributed by atoms with Gasteiger partial charge in [-0.1, -0.05) is 35.9 Å². The highest BCUT2D eigenvalue weighted by molar-refractivity contribution is 6.30. The van der Waals surface area contributed by atoms with Crippen LogP contribution in [0.15, 0.2) is 48.5 Å². The van der Waals surface area contributed by atoms with Crippen molar-refractivity contribution in [2.45, 2.75) is 6.10 Å². The fraction of sp³-hybridized carbons (Fsp3) is 0.200. The van der Waals surface area contributed by atoms with Gasteiger partial charge in [-0.15, -0.1) is 0 Å². The van der Waals surface area contributed by atoms with Crippen molar-refractivity contribution in [2.75, 3.05) is 19.0 Å². The standard InChI is InChI=1S/C15H16ClNO2/c1-19-15-5-3-2-4-13(15)17-10-14(18)11-6-8-12(16)9-7-11/h2-9,14,17-18H,10H2,1H3. The molecule has 0 saturated carbocycles. The van der Waals surface area contributed by atoms with Gasteiger partial charge in [0.25, 0.3) is 0 Å². The molecule has 0 saturated heterocycles. The van der Waals surface area contributed by atoms with Crippen LogP contribution in [0.4, 0.5) is 5.69 Å². The summed E-state index contributed by atoms with van der Waals surface area (Å²) in [6, 6.07) is 14.8. The van der Waals surface area contributed by atoms with E-state index in [0.29, 0.717) is 11.6 Å². The molecular weight excluding hydrogens is 262 g/mol. The van der Waals surface area contributed by atoms with Gasteiger partial charge in [-0.3, -0.25) is 0 Å². The van der Waals surface area contributed by atoms with Gasteiger partial charge in [0.1, 0.15) is 5.75 Å². The molecule has 0 amide bonds. The van der Waals surface area contributed by atoms with Crippen molar-refractivity contribution >= 4 is 17.3 Å². The van der Waals surface area contributed by atoms with Crippen LogP contribution in [0.5, 0.6) is 5.75 Å². The van der Waals surface area contributed by atoms with Crippen molar-refractivity contribution < 1.29 is 9.84 Å². The quantitative estimate of drug-likeness (QED) is 0.879. The molecule has 0 aliphatic rings. The number of nitrogens with one attached hydrogen (secondary N) is 1. The maximum absolute atomic E-state index is 10.1. The van der Waals surface area contributed by atoms with E-state index < -0.39 is 6.10 Å². The minimum absolute atomic E-state index is 0.405. The van der Waals surface area contributed by atoms with E-state index in [1.807, 2.05) is 36.4 Å². The van der Waals surface area contributed by atoms with E-state index >= 15 is 0 Å². The lowest BCUT2D eigenvalue weighted by Gasteiger charge is -2.15. The van der Waals surface area contributed by atoms with E-state index in [9.17, 15) is 5.11 Å². The summed E-state index contributed by atoms with van der Waals surface area (Å²) >= 11 is 5.82. The van der Waals surface area contributed by atoms with Crippen LogP contribution in [-0.2, 0) is 0 Å². The fourth-order valence-electron chi connectivity index (χ4n) is 1.80. The first kappa shape index (κ1) is 13.7. The van der Waals surface area contributed by atoms with Gasteiger partial charge in [0.2, 0.25) is 0 Å². The second kappa shape index (κ2) is 6.45. The molecule has 2 aromatic rings. The van der Waals surface area contributed by atoms with Gasteiger partial charge in [0.05, 0.1) is 18.9 Å². The van der Waals surface area contributed by atoms with Crippen LogP contribution in [0, 0.1) is 0 Å². The highest BCUT2D eigenvalue weighted by atomic mass is 35.5. The summed E-state index contributed by atoms with van der Waals surface area (Å²) in [6.07, 6.45) is -0.595. The first-order chi connectivity index (χ1) is 9.20. The van der Waals surface area contributed by atoms with Crippen LogP contribution < -0.4 is 10.1 Å². The average molecular weight is 278 g/mol. The Balaban J connectivity index is 2.00. The van der Waals surface area contributed by atoms with Crippen molar-refractivity contribution in [1.29, 1.82) is 0 Å². The number of hydrogen-bond acceptors (Lipinski definition) is 3. The number of para-hydroxylation sites is 2. The molecule has 0 aliphatic carbocycles. The monoisotopic (exact) mass is 277 g/mol. The second-order valence-corrected chi connectivity index (χ2v) is 4.58. The van der Waals surface area contributed by atoms with E-state index in [4.69, 9.17) is 16.3 Å². The molecule has 0 heterocycles. The summed E-state index contributed by atoms with van der Waals surface area (Å²) in [7, 11) is 1.62. The predicted molar refractivity (Wildman–Crippen MR) is 77.9 cm³/mol. The number of hydrogen-bond donors (Lipinski definition) is 2. The molecule has 4 heteroatoms. The summed E-state index contributed by atoms with van der Waals surface area (Å²) in [4.78, 5) is 0. The van der Waals surface area contributed by atoms with Gasteiger partial charge in [0, 0.05) is 11.6 Å². The maximum Gasteiger partial charge on any atom is 0.141 e. The predicted octanol–water partition coefficient (Wildman–Crippen LogP) is 3.49. The molecule has 100 valence electrons. The molecule has 2 aromatic carbocycles. The van der Waals surface area contributed by atoms with E-state index in [0.717, 1.165) is 17.0 Å². The molecule has 2 N–H and O–H groups in total. The molecule has 0 spiro atoms. The molecule has 0 bridgehead atoms. The molecule has 0 radical (unpaired) electrons. The third-order valence-corrected chi connectivity index (χ3v) is 3.10. The van der Waals surface area contributed by atoms with Gasteiger partial charge in [-0.2, -0.15) is 0 Å². The molecule has 1 unspecified atom stereocenters. The Morgan fingerprint density at radius 2 is 1.84 bits per heavy atom. The Morgan fingerprint density at radius 3 is 2.53 bits per heavy atom. The van der Waals surface area contributed by atoms with Gasteiger partial charge in [-0.25, -0.2) is 0 Å². The normalized spacial score (nSPS) is 11.9. The minimum atomic E-state index is -0.595. The maximum atomic E-state index is 10.1. The highest BCUT2D eigenvalue weighted by Crippen LogP contribution is 2.24. The fourth-order valence-corrected chi connectivity index (χ4v) is 1.93. The molecule has 3 nitrogen and oxygen atoms in total. The smallest absolute Gasteiger partial charge is 0.141 e. The van der Waals surface area contributed by atoms with Gasteiger partial charge < -0.3 is 15.2 Å². The number of methoxy groups -OCH3 is 1. The van der Waals surface area contributed by atoms with Gasteiger partial charge >= 0.3 is 0 Å². The van der Waals surface area contributed by atoms with Crippen molar-refractivity contribution in [2.24, 2.45) is 0 Å². The molecule has 0 aromatic heterocycles. The highest BCUT2D eigenvalue weighted by Gasteiger charge is 2.08. The van der Waals surface area contributed by atoms with E-state index in [-0.39, 0.29) is 0 Å². The summed E-state index contributed by atoms with van der Waals surface area (Å²) in [5.74, 6) is 0.755. The SMILES string of the molecule is COc1ccccc1NCC(O)c1ccc(Cl)cc1. The van der Waals surface area contributed by atoms with Crippen molar-refractivity contribution in [3.8, 4) is 5.75 Å². The lowest BCUT2D eigenvalue weighted by Crippen LogP contribution is -2.12. The number of halogens is 1. The van der Waals surface area contributed by atoms with Crippen molar-refractivity contribution in [3.05, 3.63) is 59.1 Å². The summed E-state index contributed by atoms with van der Waals surface area (Å²) in [6.45, 7) is 0.405. The Kier molecular flexibility index (Phi) is 4.66. The van der Waals surface area contributed by atoms with Gasteiger partial charge in [-0.05, 0) is 29.8 Å². The Hall–Kier alpha value is -1.71. The van der Waals surface area contributed by atoms with Crippen LogP contribution >= 0.6 is 11.6 Å². The largest absolute Gasteiger partial charge is 0.495 e. The van der Waals surface area contributed by atoms with Crippen LogP contribution in [0.2, 0.25) is 5.02 Å². The number of aliphatic hydroxyl groups is 1. The average Bonchev–Trinajstić information content (AvgIpc) is 2.45. The van der Waals surface area contributed by atoms with E-state index in [1.165, 1.54) is 0 Å². The van der Waals surface area contributed by atoms with Crippen LogP contribution in [-0.4, -0.2) is 18.8 Å². The number of rotatable bonds is 5. The topological polar surface area (TPSA) is 41.5 Å². The number of anilines is 1. The summed E-state index contributed by atoms with van der Waals surface area (Å²) in [5.41, 5.74) is 1.69. The molecular formula is C15H16ClNO2. The van der Waals surface area contributed by atoms with Crippen LogP contribution in [0.25, 0.3) is 0 Å². The molecule has 19 heavy (non-hydrogen) atoms. The number of benzene rings is 2. The third-order valence-electron chi connectivity index (χ3n) is 2.85. The third kappa shape index (κ3) is 3.63. The van der Waals surface area contributed by atoms with E-state index in [1.54, 1.807) is 19.2 Å². The van der Waals surface area contributed by atoms with Crippen LogP contribution in [0.3, 0.4) is 0 Å². The molecule has 0 fully saturated rings. The summed E-state index contributed by atoms with van der Waals surface area (Å²) < 4.78 is 5.24. The van der Waals surface area contributed by atoms with Gasteiger partial charge in [0.15, 0.2) is 0 Å². The number of aliphatic hydroxyl groups excluding tert-OH is 1. The molecule has 1 atom stereocenters. The Labute approximate surface area is 117 Å². The van der Waals surface area contributed by atoms with Crippen molar-refractivity contribution in [1.82, 2.24) is 0 Å². The lowest BCUT2D eigenvalue weighted by molar-refractivity contribution is 0.191. The first-order valence-electron chi connectivity index (χ1n) is 6.01. The molecule has 2 rings (SSSR count). The Bertz CT molecular complexity index is 528. The first-order valence-corrected chi connectivity index (χ1v) is 6.39. The van der Waals surface area contributed by atoms with Crippen molar-refractivity contribution in [3.63, 3.8) is 0 Å². The zero-order chi connectivity index (χ0) is 13.7. The molecule has 0 aliphatic heterocycles. The van der Waals surface area contributed by atoms with E-state index in [2.05, 4.69) is 5.32 Å². The summed E-state index contributed by atoms with van der Waals surface area (Å²) in [5, 5.41) is 13.9. The Morgan fingerprint density at radius 1 is 1.16 bits per heavy atom. The zero-order valence-corrected chi connectivity index (χ0v) is 11.4. The zero-order valence-electron chi connectivity index (χ0n) is 10.6. The number of ether oxygens (including phenoxy) is 1.